The third kappa shape index (κ3) is 6.71. The van der Waals surface area contributed by atoms with Crippen LogP contribution in [0.2, 0.25) is 0 Å². The lowest BCUT2D eigenvalue weighted by Crippen LogP contribution is -2.44. The summed E-state index contributed by atoms with van der Waals surface area (Å²) in [6.45, 7) is 3.28. The summed E-state index contributed by atoms with van der Waals surface area (Å²) in [7, 11) is 3.49. The van der Waals surface area contributed by atoms with Crippen LogP contribution in [-0.4, -0.2) is 60.9 Å². The van der Waals surface area contributed by atoms with Gasteiger partial charge in [0.25, 0.3) is 0 Å². The van der Waals surface area contributed by atoms with E-state index in [1.807, 2.05) is 11.9 Å². The fraction of sp³-hybridized carbons (Fsp3) is 0.310. The monoisotopic (exact) mass is 522 g/mol. The van der Waals surface area contributed by atoms with Crippen LogP contribution in [0.1, 0.15) is 38.2 Å². The number of halogens is 3. The lowest BCUT2D eigenvalue weighted by molar-refractivity contribution is -0.138. The average molecular weight is 523 g/mol. The molecule has 0 spiro atoms. The molecule has 0 bridgehead atoms. The fourth-order valence-electron chi connectivity index (χ4n) is 4.31. The van der Waals surface area contributed by atoms with Crippen LogP contribution in [0, 0.1) is 11.8 Å². The van der Waals surface area contributed by atoms with Crippen LogP contribution in [0.15, 0.2) is 54.7 Å². The van der Waals surface area contributed by atoms with E-state index in [1.165, 1.54) is 13.2 Å². The van der Waals surface area contributed by atoms with Crippen molar-refractivity contribution in [3.63, 3.8) is 0 Å². The topological polar surface area (TPSA) is 71.7 Å². The summed E-state index contributed by atoms with van der Waals surface area (Å²) in [4.78, 5) is 21.2. The molecule has 0 amide bonds. The number of ether oxygens (including phenoxy) is 1. The van der Waals surface area contributed by atoms with E-state index in [1.54, 1.807) is 42.6 Å². The van der Waals surface area contributed by atoms with E-state index in [0.717, 1.165) is 19.2 Å². The molecule has 1 fully saturated rings. The highest BCUT2D eigenvalue weighted by Crippen LogP contribution is 2.34. The highest BCUT2D eigenvalue weighted by molar-refractivity contribution is 5.98. The third-order valence-corrected chi connectivity index (χ3v) is 6.53. The van der Waals surface area contributed by atoms with Crippen molar-refractivity contribution >= 4 is 11.6 Å². The van der Waals surface area contributed by atoms with Crippen LogP contribution >= 0.6 is 0 Å². The number of carbonyl (C=O) groups excluding carboxylic acids is 1. The lowest BCUT2D eigenvalue weighted by Gasteiger charge is -2.33. The Morgan fingerprint density at radius 3 is 2.47 bits per heavy atom. The maximum absolute atomic E-state index is 13.9. The molecule has 9 heteroatoms. The zero-order valence-corrected chi connectivity index (χ0v) is 21.3. The highest BCUT2D eigenvalue weighted by Gasteiger charge is 2.34. The summed E-state index contributed by atoms with van der Waals surface area (Å²) < 4.78 is 47.2. The number of ketones is 1. The van der Waals surface area contributed by atoms with Gasteiger partial charge in [0, 0.05) is 50.9 Å². The number of alkyl halides is 3. The number of nitrogens with zero attached hydrogens (tertiary/aromatic N) is 3. The van der Waals surface area contributed by atoms with Gasteiger partial charge in [0.2, 0.25) is 0 Å². The lowest BCUT2D eigenvalue weighted by atomic mass is 9.97. The zero-order chi connectivity index (χ0) is 27.3. The first-order valence-electron chi connectivity index (χ1n) is 12.2. The van der Waals surface area contributed by atoms with Crippen molar-refractivity contribution in [2.24, 2.45) is 0 Å². The maximum Gasteiger partial charge on any atom is 0.416 e. The molecule has 2 heterocycles. The van der Waals surface area contributed by atoms with Crippen molar-refractivity contribution in [1.29, 1.82) is 0 Å². The quantitative estimate of drug-likeness (QED) is 0.385. The number of nitrogens with two attached hydrogens (primary N) is 1. The van der Waals surface area contributed by atoms with E-state index < -0.39 is 11.7 Å². The standard InChI is InChI=1S/C29H29F3N4O2/c1-35-12-14-36(15-13-35)19-24-6-5-20(16-25(24)29(30,31)32)17-26(37)22-9-10-27(38-2)23(18-22)8-7-21-4-3-11-34-28(21)33/h3-6,9-11,16,18H,12-15,17,19H2,1-2H3,(H2,33,34). The fourth-order valence-corrected chi connectivity index (χ4v) is 4.31. The summed E-state index contributed by atoms with van der Waals surface area (Å²) in [5.74, 6) is 6.30. The van der Waals surface area contributed by atoms with Gasteiger partial charge in [-0.15, -0.1) is 0 Å². The molecule has 0 aliphatic carbocycles. The zero-order valence-electron chi connectivity index (χ0n) is 21.3. The minimum Gasteiger partial charge on any atom is -0.495 e. The highest BCUT2D eigenvalue weighted by atomic mass is 19.4. The Morgan fingerprint density at radius 1 is 1.05 bits per heavy atom. The molecule has 3 aromatic rings. The van der Waals surface area contributed by atoms with Gasteiger partial charge in [-0.2, -0.15) is 13.2 Å². The summed E-state index contributed by atoms with van der Waals surface area (Å²) >= 11 is 0. The van der Waals surface area contributed by atoms with E-state index in [-0.39, 0.29) is 30.1 Å². The van der Waals surface area contributed by atoms with E-state index in [0.29, 0.717) is 41.1 Å². The van der Waals surface area contributed by atoms with Crippen molar-refractivity contribution < 1.29 is 22.7 Å². The number of nitrogen functional groups attached to an aromatic ring is 1. The molecule has 0 saturated carbocycles. The van der Waals surface area contributed by atoms with Gasteiger partial charge in [0.15, 0.2) is 5.78 Å². The SMILES string of the molecule is COc1ccc(C(=O)Cc2ccc(CN3CCN(C)CC3)c(C(F)(F)F)c2)cc1C#Cc1cccnc1N. The molecule has 0 radical (unpaired) electrons. The molecule has 6 nitrogen and oxygen atoms in total. The molecule has 4 rings (SSSR count). The third-order valence-electron chi connectivity index (χ3n) is 6.53. The van der Waals surface area contributed by atoms with E-state index in [9.17, 15) is 18.0 Å². The number of rotatable bonds is 6. The second-order valence-corrected chi connectivity index (χ2v) is 9.27. The van der Waals surface area contributed by atoms with Crippen LogP contribution in [0.25, 0.3) is 0 Å². The summed E-state index contributed by atoms with van der Waals surface area (Å²) in [5.41, 5.74) is 6.98. The Kier molecular flexibility index (Phi) is 8.35. The number of anilines is 1. The maximum atomic E-state index is 13.9. The van der Waals surface area contributed by atoms with Crippen LogP contribution in [0.5, 0.6) is 5.75 Å². The van der Waals surface area contributed by atoms with Gasteiger partial charge >= 0.3 is 6.18 Å². The molecular weight excluding hydrogens is 493 g/mol. The number of Topliss-reactive ketones (excluding diaryl/α,β-unsaturated/α-hetero) is 1. The first-order valence-corrected chi connectivity index (χ1v) is 12.2. The van der Waals surface area contributed by atoms with E-state index >= 15 is 0 Å². The number of hydrogen-bond donors (Lipinski definition) is 1. The molecule has 1 aliphatic heterocycles. The van der Waals surface area contributed by atoms with E-state index in [2.05, 4.69) is 21.7 Å². The van der Waals surface area contributed by atoms with Gasteiger partial charge in [-0.1, -0.05) is 24.0 Å². The van der Waals surface area contributed by atoms with Crippen LogP contribution in [0.3, 0.4) is 0 Å². The molecule has 0 atom stereocenters. The number of piperazine rings is 1. The Hall–Kier alpha value is -3.87. The Labute approximate surface area is 220 Å². The Morgan fingerprint density at radius 2 is 1.79 bits per heavy atom. The first kappa shape index (κ1) is 27.2. The Bertz CT molecular complexity index is 1370. The van der Waals surface area contributed by atoms with E-state index in [4.69, 9.17) is 10.5 Å². The molecule has 2 aromatic carbocycles. The largest absolute Gasteiger partial charge is 0.495 e. The molecule has 1 aliphatic rings. The van der Waals surface area contributed by atoms with Crippen molar-refractivity contribution in [2.75, 3.05) is 46.1 Å². The minimum absolute atomic E-state index is 0.174. The van der Waals surface area contributed by atoms with Crippen molar-refractivity contribution in [3.8, 4) is 17.6 Å². The molecule has 1 saturated heterocycles. The van der Waals surface area contributed by atoms with Crippen LogP contribution < -0.4 is 10.5 Å². The molecule has 198 valence electrons. The van der Waals surface area contributed by atoms with Gasteiger partial charge in [-0.3, -0.25) is 9.69 Å². The van der Waals surface area contributed by atoms with Gasteiger partial charge in [0.1, 0.15) is 11.6 Å². The van der Waals surface area contributed by atoms with Crippen molar-refractivity contribution in [2.45, 2.75) is 19.1 Å². The van der Waals surface area contributed by atoms with Gasteiger partial charge in [-0.25, -0.2) is 4.98 Å². The van der Waals surface area contributed by atoms with Crippen molar-refractivity contribution in [1.82, 2.24) is 14.8 Å². The normalized spacial score (nSPS) is 14.6. The number of aromatic nitrogens is 1. The molecule has 38 heavy (non-hydrogen) atoms. The second kappa shape index (κ2) is 11.7. The number of benzene rings is 2. The number of methoxy groups -OCH3 is 1. The summed E-state index contributed by atoms with van der Waals surface area (Å²) in [5, 5.41) is 0. The first-order chi connectivity index (χ1) is 18.1. The Balaban J connectivity index is 1.55. The molecule has 2 N–H and O–H groups in total. The molecular formula is C29H29F3N4O2. The van der Waals surface area contributed by atoms with Crippen LogP contribution in [0.4, 0.5) is 19.0 Å². The number of likely N-dealkylation sites (N-methyl/N-ethyl adjacent to an activating group) is 1. The predicted molar refractivity (Wildman–Crippen MR) is 140 cm³/mol. The second-order valence-electron chi connectivity index (χ2n) is 9.27. The summed E-state index contributed by atoms with van der Waals surface area (Å²) in [6, 6.07) is 12.4. The predicted octanol–water partition coefficient (Wildman–Crippen LogP) is 4.26. The van der Waals surface area contributed by atoms with Gasteiger partial charge in [0.05, 0.1) is 23.8 Å². The number of pyridine rings is 1. The molecule has 0 unspecified atom stereocenters. The van der Waals surface area contributed by atoms with Gasteiger partial charge < -0.3 is 15.4 Å². The number of carbonyl (C=O) groups is 1. The molecule has 1 aromatic heterocycles. The average Bonchev–Trinajstić information content (AvgIpc) is 2.89. The van der Waals surface area contributed by atoms with Crippen molar-refractivity contribution in [3.05, 3.63) is 88.1 Å². The summed E-state index contributed by atoms with van der Waals surface area (Å²) in [6.07, 6.45) is -3.13. The smallest absolute Gasteiger partial charge is 0.416 e. The van der Waals surface area contributed by atoms with Gasteiger partial charge in [-0.05, 0) is 54.6 Å². The van der Waals surface area contributed by atoms with Crippen LogP contribution in [-0.2, 0) is 19.1 Å². The minimum atomic E-state index is -4.52. The number of hydrogen-bond acceptors (Lipinski definition) is 6.